The van der Waals surface area contributed by atoms with Gasteiger partial charge in [-0.05, 0) is 0 Å². The van der Waals surface area contributed by atoms with Gasteiger partial charge in [0.2, 0.25) is 0 Å². The van der Waals surface area contributed by atoms with Crippen molar-refractivity contribution in [3.8, 4) is 0 Å². The molecular weight excluding hydrogens is 533 g/mol. The molecular formula is C22H34NO14P. The number of phosphoric acid groups is 1. The van der Waals surface area contributed by atoms with E-state index in [1.165, 1.54) is 0 Å². The normalized spacial score (nSPS) is 22.2. The van der Waals surface area contributed by atoms with Gasteiger partial charge in [0.05, 0.1) is 53.4 Å². The Hall–Kier alpha value is -2.84. The molecule has 1 aliphatic heterocycles. The van der Waals surface area contributed by atoms with E-state index in [9.17, 15) is 33.4 Å². The van der Waals surface area contributed by atoms with Crippen LogP contribution in [0.2, 0.25) is 0 Å². The number of carbonyl (C=O) groups is 5. The second-order valence-corrected chi connectivity index (χ2v) is 10.4. The van der Waals surface area contributed by atoms with Crippen LogP contribution in [0.1, 0.15) is 25.7 Å². The number of ether oxygens (including phenoxy) is 5. The molecule has 0 aromatic rings. The van der Waals surface area contributed by atoms with Crippen molar-refractivity contribution in [3.63, 3.8) is 0 Å². The molecule has 15 nitrogen and oxygen atoms in total. The van der Waals surface area contributed by atoms with Gasteiger partial charge in [-0.25, -0.2) is 4.79 Å². The Bertz CT molecular complexity index is 899. The van der Waals surface area contributed by atoms with E-state index >= 15 is 0 Å². The lowest BCUT2D eigenvalue weighted by Gasteiger charge is -2.28. The highest BCUT2D eigenvalue weighted by Crippen LogP contribution is 2.38. The molecule has 1 saturated heterocycles. The van der Waals surface area contributed by atoms with Gasteiger partial charge in [0, 0.05) is 6.08 Å². The monoisotopic (exact) mass is 567 g/mol. The van der Waals surface area contributed by atoms with Gasteiger partial charge in [-0.3, -0.25) is 23.7 Å². The Morgan fingerprint density at radius 3 is 1.87 bits per heavy atom. The van der Waals surface area contributed by atoms with Crippen LogP contribution in [-0.4, -0.2) is 107 Å². The predicted octanol–water partition coefficient (Wildman–Crippen LogP) is -0.593. The Morgan fingerprint density at radius 2 is 1.39 bits per heavy atom. The molecule has 1 fully saturated rings. The minimum absolute atomic E-state index is 0.157. The Balaban J connectivity index is 2.81. The Labute approximate surface area is 220 Å². The molecule has 3 atom stereocenters. The molecule has 0 amide bonds. The van der Waals surface area contributed by atoms with Crippen LogP contribution in [0.15, 0.2) is 12.7 Å². The topological polar surface area (TPSA) is 190 Å². The molecule has 16 heteroatoms. The van der Waals surface area contributed by atoms with E-state index in [4.69, 9.17) is 32.7 Å². The summed E-state index contributed by atoms with van der Waals surface area (Å²) in [5.41, 5.74) is 0. The van der Waals surface area contributed by atoms with Crippen molar-refractivity contribution >= 4 is 37.7 Å². The van der Waals surface area contributed by atoms with Crippen LogP contribution >= 0.6 is 7.82 Å². The van der Waals surface area contributed by atoms with Crippen molar-refractivity contribution in [2.45, 2.75) is 37.9 Å². The molecule has 0 saturated carbocycles. The fraction of sp³-hybridized carbons (Fsp3) is 0.682. The highest BCUT2D eigenvalue weighted by Gasteiger charge is 2.24. The number of hydrogen-bond donors (Lipinski definition) is 0. The average molecular weight is 567 g/mol. The lowest BCUT2D eigenvalue weighted by atomic mass is 10.3. The molecule has 3 unspecified atom stereocenters. The number of carbonyl (C=O) groups excluding carboxylic acids is 5. The van der Waals surface area contributed by atoms with Gasteiger partial charge in [0.15, 0.2) is 12.2 Å². The van der Waals surface area contributed by atoms with Crippen LogP contribution in [0.5, 0.6) is 0 Å². The van der Waals surface area contributed by atoms with Gasteiger partial charge in [-0.15, -0.1) is 0 Å². The van der Waals surface area contributed by atoms with Gasteiger partial charge < -0.3 is 42.1 Å². The van der Waals surface area contributed by atoms with Gasteiger partial charge in [0.1, 0.15) is 33.0 Å². The molecule has 0 bridgehead atoms. The number of hydrogen-bond acceptors (Lipinski definition) is 14. The number of cyclic esters (lactones) is 4. The fourth-order valence-electron chi connectivity index (χ4n) is 2.52. The fourth-order valence-corrected chi connectivity index (χ4v) is 3.25. The summed E-state index contributed by atoms with van der Waals surface area (Å²) in [6, 6.07) is 0. The predicted molar refractivity (Wildman–Crippen MR) is 124 cm³/mol. The number of esters is 5. The van der Waals surface area contributed by atoms with E-state index in [0.717, 1.165) is 6.08 Å². The summed E-state index contributed by atoms with van der Waals surface area (Å²) < 4.78 is 47.0. The first kappa shape index (κ1) is 33.2. The van der Waals surface area contributed by atoms with Crippen molar-refractivity contribution in [2.24, 2.45) is 0 Å². The van der Waals surface area contributed by atoms with E-state index in [1.54, 1.807) is 0 Å². The first-order valence-corrected chi connectivity index (χ1v) is 13.0. The maximum Gasteiger partial charge on any atom is 0.330 e. The largest absolute Gasteiger partial charge is 0.756 e. The summed E-state index contributed by atoms with van der Waals surface area (Å²) in [4.78, 5) is 71.7. The molecule has 0 aliphatic carbocycles. The van der Waals surface area contributed by atoms with Crippen LogP contribution in [0, 0.1) is 0 Å². The lowest BCUT2D eigenvalue weighted by molar-refractivity contribution is -0.870. The molecule has 38 heavy (non-hydrogen) atoms. The summed E-state index contributed by atoms with van der Waals surface area (Å²) in [7, 11) is 0.726. The summed E-state index contributed by atoms with van der Waals surface area (Å²) in [6.45, 7) is 1.19. The maximum atomic E-state index is 12.2. The van der Waals surface area contributed by atoms with Gasteiger partial charge >= 0.3 is 29.8 Å². The zero-order chi connectivity index (χ0) is 28.8. The highest BCUT2D eigenvalue weighted by atomic mass is 31.2. The van der Waals surface area contributed by atoms with Crippen LogP contribution in [0.25, 0.3) is 0 Å². The second kappa shape index (κ2) is 16.2. The van der Waals surface area contributed by atoms with Crippen molar-refractivity contribution in [2.75, 3.05) is 60.7 Å². The Morgan fingerprint density at radius 1 is 0.921 bits per heavy atom. The van der Waals surface area contributed by atoms with Crippen LogP contribution in [0.4, 0.5) is 0 Å². The molecule has 0 aromatic heterocycles. The second-order valence-electron chi connectivity index (χ2n) is 9.01. The smallest absolute Gasteiger partial charge is 0.330 e. The summed E-state index contributed by atoms with van der Waals surface area (Å²) in [6.07, 6.45) is -3.44. The summed E-state index contributed by atoms with van der Waals surface area (Å²) in [5, 5.41) is 0. The number of rotatable bonds is 10. The van der Waals surface area contributed by atoms with Crippen molar-refractivity contribution in [1.29, 1.82) is 0 Å². The molecule has 1 rings (SSSR count). The van der Waals surface area contributed by atoms with Crippen LogP contribution in [0.3, 0.4) is 0 Å². The summed E-state index contributed by atoms with van der Waals surface area (Å²) >= 11 is 0. The van der Waals surface area contributed by atoms with E-state index < -0.39 is 102 Å². The zero-order valence-electron chi connectivity index (χ0n) is 21.6. The van der Waals surface area contributed by atoms with Crippen LogP contribution in [-0.2, 0) is 61.3 Å². The minimum Gasteiger partial charge on any atom is -0.756 e. The third-order valence-corrected chi connectivity index (χ3v) is 5.50. The first-order valence-electron chi connectivity index (χ1n) is 11.6. The standard InChI is InChI=1S/C22H34NO14P/c1-5-18(24)31-12-16-13-32-19(25)6-7-20(26)33-14-17(37-22(28)9-8-21(27)36-16)15-35-38(29,30)34-11-10-23(2,3)4/h5,16-17H,1,6-15H2,2-4H3. The molecule has 0 N–H and O–H groups in total. The zero-order valence-corrected chi connectivity index (χ0v) is 22.5. The van der Waals surface area contributed by atoms with Crippen molar-refractivity contribution < 1.29 is 70.6 Å². The highest BCUT2D eigenvalue weighted by molar-refractivity contribution is 7.45. The maximum absolute atomic E-state index is 12.2. The first-order chi connectivity index (χ1) is 17.7. The van der Waals surface area contributed by atoms with Crippen molar-refractivity contribution in [3.05, 3.63) is 12.7 Å². The molecule has 0 aromatic carbocycles. The number of nitrogens with zero attached hydrogens (tertiary/aromatic N) is 1. The average Bonchev–Trinajstić information content (AvgIpc) is 2.82. The third-order valence-electron chi connectivity index (χ3n) is 4.53. The van der Waals surface area contributed by atoms with E-state index in [-0.39, 0.29) is 6.61 Å². The quantitative estimate of drug-likeness (QED) is 0.107. The third kappa shape index (κ3) is 16.1. The Kier molecular flexibility index (Phi) is 14.1. The van der Waals surface area contributed by atoms with Crippen molar-refractivity contribution in [1.82, 2.24) is 0 Å². The van der Waals surface area contributed by atoms with Gasteiger partial charge in [-0.1, -0.05) is 6.58 Å². The SMILES string of the molecule is C=CC(=O)OCC1COC(=O)CCC(=O)OCC(COP(=O)([O-])OCC[N+](C)(C)C)OC(=O)CCC(=O)O1. The molecule has 216 valence electrons. The number of quaternary nitrogens is 1. The van der Waals surface area contributed by atoms with E-state index in [0.29, 0.717) is 11.0 Å². The molecule has 1 heterocycles. The van der Waals surface area contributed by atoms with Gasteiger partial charge in [-0.2, -0.15) is 0 Å². The number of phosphoric ester groups is 1. The molecule has 0 spiro atoms. The summed E-state index contributed by atoms with van der Waals surface area (Å²) in [5.74, 6) is -4.32. The number of likely N-dealkylation sites (N-methyl/N-ethyl adjacent to an activating group) is 1. The van der Waals surface area contributed by atoms with Crippen LogP contribution < -0.4 is 4.89 Å². The minimum atomic E-state index is -4.77. The molecule has 1 aliphatic rings. The van der Waals surface area contributed by atoms with E-state index in [1.807, 2.05) is 21.1 Å². The van der Waals surface area contributed by atoms with Gasteiger partial charge in [0.25, 0.3) is 7.82 Å². The molecule has 0 radical (unpaired) electrons. The van der Waals surface area contributed by atoms with E-state index in [2.05, 4.69) is 6.58 Å². The lowest BCUT2D eigenvalue weighted by Crippen LogP contribution is -2.37.